The predicted molar refractivity (Wildman–Crippen MR) is 54.9 cm³/mol. The van der Waals surface area contributed by atoms with Crippen molar-refractivity contribution in [1.29, 1.82) is 0 Å². The molecule has 2 N–H and O–H groups in total. The summed E-state index contributed by atoms with van der Waals surface area (Å²) in [5.74, 6) is -1.41. The van der Waals surface area contributed by atoms with E-state index < -0.39 is 5.97 Å². The van der Waals surface area contributed by atoms with Crippen LogP contribution in [-0.2, 0) is 11.3 Å². The molecule has 0 aliphatic rings. The first-order valence-electron chi connectivity index (χ1n) is 4.72. The van der Waals surface area contributed by atoms with Crippen LogP contribution in [0.2, 0.25) is 0 Å². The van der Waals surface area contributed by atoms with E-state index in [2.05, 4.69) is 15.6 Å². The molecule has 1 rings (SSSR count). The lowest BCUT2D eigenvalue weighted by atomic mass is 10.1. The van der Waals surface area contributed by atoms with Gasteiger partial charge < -0.3 is 10.4 Å². The number of rotatable bonds is 3. The first-order valence-corrected chi connectivity index (χ1v) is 4.72. The fraction of sp³-hybridized carbons (Fsp3) is 0.556. The van der Waals surface area contributed by atoms with Crippen molar-refractivity contribution in [2.75, 3.05) is 0 Å². The van der Waals surface area contributed by atoms with E-state index in [0.29, 0.717) is 0 Å². The third-order valence-corrected chi connectivity index (χ3v) is 1.56. The van der Waals surface area contributed by atoms with Crippen molar-refractivity contribution >= 4 is 11.9 Å². The molecule has 7 heteroatoms. The number of carbonyl (C=O) groups excluding carboxylic acids is 1. The van der Waals surface area contributed by atoms with Crippen LogP contribution in [0, 0.1) is 0 Å². The minimum absolute atomic E-state index is 0.108. The predicted octanol–water partition coefficient (Wildman–Crippen LogP) is -0.109. The number of carboxylic acid groups (broad SMARTS) is 1. The van der Waals surface area contributed by atoms with Gasteiger partial charge in [-0.15, -0.1) is 5.10 Å². The van der Waals surface area contributed by atoms with E-state index in [1.54, 1.807) is 0 Å². The van der Waals surface area contributed by atoms with Gasteiger partial charge in [-0.2, -0.15) is 0 Å². The molecule has 0 radical (unpaired) electrons. The zero-order valence-corrected chi connectivity index (χ0v) is 9.39. The van der Waals surface area contributed by atoms with Crippen LogP contribution in [0.5, 0.6) is 0 Å². The van der Waals surface area contributed by atoms with Crippen LogP contribution in [0.4, 0.5) is 0 Å². The first-order chi connectivity index (χ1) is 7.28. The molecular weight excluding hydrogens is 212 g/mol. The van der Waals surface area contributed by atoms with Crippen molar-refractivity contribution in [2.24, 2.45) is 0 Å². The molecule has 7 nitrogen and oxygen atoms in total. The summed E-state index contributed by atoms with van der Waals surface area (Å²) in [5, 5.41) is 18.3. The Morgan fingerprint density at radius 3 is 2.62 bits per heavy atom. The Balaban J connectivity index is 2.71. The average Bonchev–Trinajstić information content (AvgIpc) is 2.48. The molecular formula is C9H14N4O3. The summed E-state index contributed by atoms with van der Waals surface area (Å²) in [4.78, 5) is 22.0. The highest BCUT2D eigenvalue weighted by molar-refractivity contribution is 5.92. The maximum absolute atomic E-state index is 11.6. The summed E-state index contributed by atoms with van der Waals surface area (Å²) in [6, 6.07) is 0. The van der Waals surface area contributed by atoms with Gasteiger partial charge in [-0.3, -0.25) is 9.59 Å². The molecule has 0 saturated heterocycles. The number of nitrogens with one attached hydrogen (secondary N) is 1. The van der Waals surface area contributed by atoms with Crippen LogP contribution in [0.1, 0.15) is 31.3 Å². The molecule has 88 valence electrons. The van der Waals surface area contributed by atoms with E-state index in [4.69, 9.17) is 5.11 Å². The molecule has 1 heterocycles. The molecule has 0 aliphatic heterocycles. The van der Waals surface area contributed by atoms with Crippen LogP contribution in [0.25, 0.3) is 0 Å². The van der Waals surface area contributed by atoms with E-state index in [9.17, 15) is 9.59 Å². The monoisotopic (exact) mass is 226 g/mol. The summed E-state index contributed by atoms with van der Waals surface area (Å²) >= 11 is 0. The molecule has 16 heavy (non-hydrogen) atoms. The number of carbonyl (C=O) groups is 2. The molecule has 0 unspecified atom stereocenters. The van der Waals surface area contributed by atoms with Gasteiger partial charge in [0.05, 0.1) is 6.20 Å². The number of aliphatic carboxylic acids is 1. The van der Waals surface area contributed by atoms with Crippen LogP contribution in [0.3, 0.4) is 0 Å². The van der Waals surface area contributed by atoms with Crippen molar-refractivity contribution in [3.63, 3.8) is 0 Å². The second kappa shape index (κ2) is 4.30. The van der Waals surface area contributed by atoms with Gasteiger partial charge in [0.2, 0.25) is 0 Å². The average molecular weight is 226 g/mol. The maximum Gasteiger partial charge on any atom is 0.325 e. The van der Waals surface area contributed by atoms with Gasteiger partial charge in [0.1, 0.15) is 6.54 Å². The first kappa shape index (κ1) is 12.2. The van der Waals surface area contributed by atoms with Gasteiger partial charge in [0.25, 0.3) is 5.91 Å². The Bertz CT molecular complexity index is 405. The van der Waals surface area contributed by atoms with E-state index >= 15 is 0 Å². The van der Waals surface area contributed by atoms with Gasteiger partial charge in [0.15, 0.2) is 5.69 Å². The number of hydrogen-bond donors (Lipinski definition) is 2. The lowest BCUT2D eigenvalue weighted by molar-refractivity contribution is -0.137. The summed E-state index contributed by atoms with van der Waals surface area (Å²) in [7, 11) is 0. The summed E-state index contributed by atoms with van der Waals surface area (Å²) in [6.45, 7) is 5.21. The minimum atomic E-state index is -1.03. The SMILES string of the molecule is CC(C)(C)NC(=O)c1cn(CC(=O)O)nn1. The second-order valence-electron chi connectivity index (χ2n) is 4.40. The van der Waals surface area contributed by atoms with Crippen molar-refractivity contribution in [3.8, 4) is 0 Å². The Morgan fingerprint density at radius 2 is 2.12 bits per heavy atom. The highest BCUT2D eigenvalue weighted by Gasteiger charge is 2.18. The van der Waals surface area contributed by atoms with E-state index in [0.717, 1.165) is 4.68 Å². The van der Waals surface area contributed by atoms with Crippen molar-refractivity contribution in [3.05, 3.63) is 11.9 Å². The van der Waals surface area contributed by atoms with Gasteiger partial charge in [-0.25, -0.2) is 4.68 Å². The van der Waals surface area contributed by atoms with Crippen LogP contribution in [-0.4, -0.2) is 37.5 Å². The van der Waals surface area contributed by atoms with Crippen LogP contribution >= 0.6 is 0 Å². The standard InChI is InChI=1S/C9H14N4O3/c1-9(2,3)10-8(16)6-4-13(12-11-6)5-7(14)15/h4H,5H2,1-3H3,(H,10,16)(H,14,15). The third-order valence-electron chi connectivity index (χ3n) is 1.56. The fourth-order valence-electron chi connectivity index (χ4n) is 1.02. The number of amides is 1. The Morgan fingerprint density at radius 1 is 1.50 bits per heavy atom. The molecule has 1 aromatic heterocycles. The zero-order chi connectivity index (χ0) is 12.3. The van der Waals surface area contributed by atoms with Gasteiger partial charge >= 0.3 is 5.97 Å². The van der Waals surface area contributed by atoms with E-state index in [1.807, 2.05) is 20.8 Å². The van der Waals surface area contributed by atoms with Gasteiger partial charge in [-0.1, -0.05) is 5.21 Å². The second-order valence-corrected chi connectivity index (χ2v) is 4.40. The maximum atomic E-state index is 11.6. The van der Waals surface area contributed by atoms with Crippen LogP contribution in [0.15, 0.2) is 6.20 Å². The molecule has 0 spiro atoms. The number of hydrogen-bond acceptors (Lipinski definition) is 4. The summed E-state index contributed by atoms with van der Waals surface area (Å²) in [5.41, 5.74) is -0.260. The van der Waals surface area contributed by atoms with Crippen LogP contribution < -0.4 is 5.32 Å². The summed E-state index contributed by atoms with van der Waals surface area (Å²) in [6.07, 6.45) is 1.30. The van der Waals surface area contributed by atoms with Gasteiger partial charge in [0, 0.05) is 5.54 Å². The Labute approximate surface area is 92.4 Å². The lowest BCUT2D eigenvalue weighted by Crippen LogP contribution is -2.40. The topological polar surface area (TPSA) is 97.1 Å². The third kappa shape index (κ3) is 3.68. The largest absolute Gasteiger partial charge is 0.480 e. The number of nitrogens with zero attached hydrogens (tertiary/aromatic N) is 3. The lowest BCUT2D eigenvalue weighted by Gasteiger charge is -2.19. The van der Waals surface area contributed by atoms with Crippen molar-refractivity contribution < 1.29 is 14.7 Å². The molecule has 0 atom stereocenters. The fourth-order valence-corrected chi connectivity index (χ4v) is 1.02. The molecule has 0 aliphatic carbocycles. The molecule has 0 aromatic carbocycles. The summed E-state index contributed by atoms with van der Waals surface area (Å²) < 4.78 is 1.10. The minimum Gasteiger partial charge on any atom is -0.480 e. The highest BCUT2D eigenvalue weighted by Crippen LogP contribution is 2.01. The smallest absolute Gasteiger partial charge is 0.325 e. The number of carboxylic acids is 1. The van der Waals surface area contributed by atoms with Crippen molar-refractivity contribution in [1.82, 2.24) is 20.3 Å². The molecule has 0 bridgehead atoms. The zero-order valence-electron chi connectivity index (χ0n) is 9.39. The molecule has 1 aromatic rings. The van der Waals surface area contributed by atoms with Gasteiger partial charge in [-0.05, 0) is 20.8 Å². The van der Waals surface area contributed by atoms with E-state index in [-0.39, 0.29) is 23.7 Å². The number of aromatic nitrogens is 3. The normalized spacial score (nSPS) is 11.2. The molecule has 0 saturated carbocycles. The van der Waals surface area contributed by atoms with E-state index in [1.165, 1.54) is 6.20 Å². The van der Waals surface area contributed by atoms with Crippen molar-refractivity contribution in [2.45, 2.75) is 32.9 Å². The molecule has 0 fully saturated rings. The Kier molecular flexibility index (Phi) is 3.26. The Hall–Kier alpha value is -1.92. The highest BCUT2D eigenvalue weighted by atomic mass is 16.4. The quantitative estimate of drug-likeness (QED) is 0.749. The molecule has 1 amide bonds.